The second-order valence-electron chi connectivity index (χ2n) is 7.51. The minimum Gasteiger partial charge on any atom is -0.467 e. The van der Waals surface area contributed by atoms with Gasteiger partial charge in [0.15, 0.2) is 0 Å². The van der Waals surface area contributed by atoms with E-state index in [0.29, 0.717) is 6.42 Å². The third-order valence-electron chi connectivity index (χ3n) is 4.05. The molecule has 0 aliphatic carbocycles. The molecule has 1 aliphatic rings. The highest BCUT2D eigenvalue weighted by molar-refractivity contribution is 5.96. The van der Waals surface area contributed by atoms with Gasteiger partial charge >= 0.3 is 12.1 Å². The molecule has 0 spiro atoms. The van der Waals surface area contributed by atoms with Crippen LogP contribution in [0, 0.1) is 12.8 Å². The highest BCUT2D eigenvalue weighted by Gasteiger charge is 2.33. The highest BCUT2D eigenvalue weighted by atomic mass is 16.6. The molecule has 7 nitrogen and oxygen atoms in total. The molecule has 1 heterocycles. The summed E-state index contributed by atoms with van der Waals surface area (Å²) in [5.41, 5.74) is 2.20. The SMILES string of the molecule is COC(=O)C(CC1Cc2cc(C)ccc2NC1=O)NC(=O)OC(C)(C)C. The van der Waals surface area contributed by atoms with Gasteiger partial charge in [-0.25, -0.2) is 9.59 Å². The summed E-state index contributed by atoms with van der Waals surface area (Å²) < 4.78 is 9.96. The summed E-state index contributed by atoms with van der Waals surface area (Å²) in [4.78, 5) is 36.5. The van der Waals surface area contributed by atoms with Gasteiger partial charge in [0.25, 0.3) is 0 Å². The van der Waals surface area contributed by atoms with Crippen molar-refractivity contribution in [2.24, 2.45) is 5.92 Å². The van der Waals surface area contributed by atoms with Crippen molar-refractivity contribution in [3.63, 3.8) is 0 Å². The number of rotatable bonds is 4. The summed E-state index contributed by atoms with van der Waals surface area (Å²) >= 11 is 0. The van der Waals surface area contributed by atoms with Gasteiger partial charge < -0.3 is 20.1 Å². The fourth-order valence-corrected chi connectivity index (χ4v) is 2.89. The Morgan fingerprint density at radius 1 is 1.35 bits per heavy atom. The van der Waals surface area contributed by atoms with Crippen LogP contribution in [0.4, 0.5) is 10.5 Å². The van der Waals surface area contributed by atoms with E-state index in [9.17, 15) is 14.4 Å². The molecule has 0 saturated carbocycles. The Kier molecular flexibility index (Phi) is 5.90. The fourth-order valence-electron chi connectivity index (χ4n) is 2.89. The number of aryl methyl sites for hydroxylation is 1. The number of methoxy groups -OCH3 is 1. The van der Waals surface area contributed by atoms with Crippen LogP contribution in [0.5, 0.6) is 0 Å². The van der Waals surface area contributed by atoms with Gasteiger partial charge in [0.2, 0.25) is 5.91 Å². The van der Waals surface area contributed by atoms with Gasteiger partial charge in [-0.1, -0.05) is 17.7 Å². The summed E-state index contributed by atoms with van der Waals surface area (Å²) in [6, 6.07) is 4.85. The van der Waals surface area contributed by atoms with Gasteiger partial charge in [0, 0.05) is 11.6 Å². The minimum absolute atomic E-state index is 0.130. The van der Waals surface area contributed by atoms with E-state index in [1.54, 1.807) is 20.8 Å². The van der Waals surface area contributed by atoms with Gasteiger partial charge in [-0.3, -0.25) is 4.79 Å². The van der Waals surface area contributed by atoms with Crippen LogP contribution in [0.25, 0.3) is 0 Å². The maximum atomic E-state index is 12.4. The summed E-state index contributed by atoms with van der Waals surface area (Å²) in [6.45, 7) is 7.17. The van der Waals surface area contributed by atoms with E-state index < -0.39 is 29.6 Å². The number of esters is 1. The number of fused-ring (bicyclic) bond motifs is 1. The number of hydrogen-bond donors (Lipinski definition) is 2. The van der Waals surface area contributed by atoms with Crippen molar-refractivity contribution in [3.8, 4) is 0 Å². The van der Waals surface area contributed by atoms with Gasteiger partial charge in [0.05, 0.1) is 7.11 Å². The summed E-state index contributed by atoms with van der Waals surface area (Å²) in [7, 11) is 1.24. The smallest absolute Gasteiger partial charge is 0.408 e. The summed E-state index contributed by atoms with van der Waals surface area (Å²) in [5.74, 6) is -1.25. The van der Waals surface area contributed by atoms with E-state index >= 15 is 0 Å². The monoisotopic (exact) mass is 362 g/mol. The third-order valence-corrected chi connectivity index (χ3v) is 4.05. The predicted molar refractivity (Wildman–Crippen MR) is 96.8 cm³/mol. The number of nitrogens with one attached hydrogen (secondary N) is 2. The van der Waals surface area contributed by atoms with E-state index in [-0.39, 0.29) is 12.3 Å². The molecule has 2 unspecified atom stereocenters. The molecule has 2 amide bonds. The van der Waals surface area contributed by atoms with E-state index in [4.69, 9.17) is 9.47 Å². The zero-order valence-corrected chi connectivity index (χ0v) is 15.8. The number of carbonyl (C=O) groups is 3. The standard InChI is InChI=1S/C19H26N2O5/c1-11-6-7-14-12(8-11)9-13(16(22)20-14)10-15(17(23)25-5)21-18(24)26-19(2,3)4/h6-8,13,15H,9-10H2,1-5H3,(H,20,22)(H,21,24). The Bertz CT molecular complexity index is 708. The number of anilines is 1. The second kappa shape index (κ2) is 7.76. The summed E-state index contributed by atoms with van der Waals surface area (Å²) in [6.07, 6.45) is -0.0994. The van der Waals surface area contributed by atoms with Crippen molar-refractivity contribution in [2.75, 3.05) is 12.4 Å². The Balaban J connectivity index is 2.11. The third kappa shape index (κ3) is 5.21. The van der Waals surface area contributed by atoms with Crippen LogP contribution < -0.4 is 10.6 Å². The Morgan fingerprint density at radius 3 is 2.65 bits per heavy atom. The molecular weight excluding hydrogens is 336 g/mol. The van der Waals surface area contributed by atoms with Gasteiger partial charge in [-0.05, 0) is 52.2 Å². The van der Waals surface area contributed by atoms with Crippen molar-refractivity contribution in [1.82, 2.24) is 5.32 Å². The van der Waals surface area contributed by atoms with Crippen molar-refractivity contribution < 1.29 is 23.9 Å². The van der Waals surface area contributed by atoms with Gasteiger partial charge in [0.1, 0.15) is 11.6 Å². The first-order chi connectivity index (χ1) is 12.1. The average molecular weight is 362 g/mol. The van der Waals surface area contributed by atoms with Crippen molar-refractivity contribution >= 4 is 23.7 Å². The summed E-state index contributed by atoms with van der Waals surface area (Å²) in [5, 5.41) is 5.37. The van der Waals surface area contributed by atoms with Crippen LogP contribution in [-0.2, 0) is 25.5 Å². The molecular formula is C19H26N2O5. The molecule has 0 fully saturated rings. The fraction of sp³-hybridized carbons (Fsp3) is 0.526. The van der Waals surface area contributed by atoms with Crippen molar-refractivity contribution in [3.05, 3.63) is 29.3 Å². The molecule has 1 aromatic carbocycles. The molecule has 2 rings (SSSR count). The number of alkyl carbamates (subject to hydrolysis) is 1. The maximum absolute atomic E-state index is 12.4. The van der Waals surface area contributed by atoms with Gasteiger partial charge in [-0.2, -0.15) is 0 Å². The minimum atomic E-state index is -0.961. The largest absolute Gasteiger partial charge is 0.467 e. The normalized spacial score (nSPS) is 17.6. The number of amides is 2. The molecule has 0 bridgehead atoms. The lowest BCUT2D eigenvalue weighted by Gasteiger charge is -2.28. The lowest BCUT2D eigenvalue weighted by Crippen LogP contribution is -2.46. The first-order valence-corrected chi connectivity index (χ1v) is 8.57. The lowest BCUT2D eigenvalue weighted by molar-refractivity contribution is -0.143. The van der Waals surface area contributed by atoms with E-state index in [2.05, 4.69) is 10.6 Å². The highest BCUT2D eigenvalue weighted by Crippen LogP contribution is 2.29. The van der Waals surface area contributed by atoms with E-state index in [0.717, 1.165) is 16.8 Å². The van der Waals surface area contributed by atoms with Crippen LogP contribution in [0.1, 0.15) is 38.3 Å². The molecule has 0 aromatic heterocycles. The molecule has 2 N–H and O–H groups in total. The van der Waals surface area contributed by atoms with Crippen LogP contribution in [0.3, 0.4) is 0 Å². The molecule has 0 radical (unpaired) electrons. The van der Waals surface area contributed by atoms with Crippen LogP contribution in [-0.4, -0.2) is 36.7 Å². The Morgan fingerprint density at radius 2 is 2.04 bits per heavy atom. The van der Waals surface area contributed by atoms with Crippen molar-refractivity contribution in [1.29, 1.82) is 0 Å². The van der Waals surface area contributed by atoms with Gasteiger partial charge in [-0.15, -0.1) is 0 Å². The molecule has 0 saturated heterocycles. The maximum Gasteiger partial charge on any atom is 0.408 e. The van der Waals surface area contributed by atoms with E-state index in [1.807, 2.05) is 25.1 Å². The number of carbonyl (C=O) groups excluding carboxylic acids is 3. The van der Waals surface area contributed by atoms with Crippen LogP contribution in [0.15, 0.2) is 18.2 Å². The molecule has 7 heteroatoms. The van der Waals surface area contributed by atoms with Crippen LogP contribution >= 0.6 is 0 Å². The lowest BCUT2D eigenvalue weighted by atomic mass is 9.87. The Hall–Kier alpha value is -2.57. The second-order valence-corrected chi connectivity index (χ2v) is 7.51. The van der Waals surface area contributed by atoms with Crippen LogP contribution in [0.2, 0.25) is 0 Å². The molecule has 1 aliphatic heterocycles. The number of ether oxygens (including phenoxy) is 2. The predicted octanol–water partition coefficient (Wildman–Crippen LogP) is 2.56. The number of hydrogen-bond acceptors (Lipinski definition) is 5. The van der Waals surface area contributed by atoms with Crippen molar-refractivity contribution in [2.45, 2.75) is 52.2 Å². The first-order valence-electron chi connectivity index (χ1n) is 8.57. The quantitative estimate of drug-likeness (QED) is 0.803. The Labute approximate surface area is 153 Å². The zero-order valence-electron chi connectivity index (χ0n) is 15.8. The molecule has 26 heavy (non-hydrogen) atoms. The topological polar surface area (TPSA) is 93.7 Å². The van der Waals surface area contributed by atoms with E-state index in [1.165, 1.54) is 7.11 Å². The first kappa shape index (κ1) is 19.8. The molecule has 1 aromatic rings. The molecule has 2 atom stereocenters. The zero-order chi connectivity index (χ0) is 19.5. The molecule has 142 valence electrons. The average Bonchev–Trinajstić information content (AvgIpc) is 2.52. The number of benzene rings is 1.